The summed E-state index contributed by atoms with van der Waals surface area (Å²) in [7, 11) is 1.65. The summed E-state index contributed by atoms with van der Waals surface area (Å²) in [5.41, 5.74) is 5.96. The molecule has 0 aliphatic carbocycles. The zero-order valence-corrected chi connectivity index (χ0v) is 13.0. The molecule has 0 aromatic heterocycles. The molecule has 2 N–H and O–H groups in total. The van der Waals surface area contributed by atoms with Crippen molar-refractivity contribution in [3.05, 3.63) is 23.8 Å². The van der Waals surface area contributed by atoms with Gasteiger partial charge in [0, 0.05) is 12.0 Å². The molecule has 0 fully saturated rings. The topological polar surface area (TPSA) is 68.3 Å². The van der Waals surface area contributed by atoms with Gasteiger partial charge in [-0.15, -0.1) is 0 Å². The maximum atomic E-state index is 8.90. The molecule has 0 amide bonds. The lowest BCUT2D eigenvalue weighted by Gasteiger charge is -2.24. The van der Waals surface area contributed by atoms with E-state index in [1.54, 1.807) is 14.0 Å². The SMILES string of the molecule is COc1ccc(OCCC(C)(N)C#N)c(C(C)(C)C)c1. The minimum Gasteiger partial charge on any atom is -0.497 e. The Kier molecular flexibility index (Phi) is 5.02. The number of hydrogen-bond acceptors (Lipinski definition) is 4. The molecule has 0 bridgehead atoms. The third-order valence-corrected chi connectivity index (χ3v) is 3.13. The van der Waals surface area contributed by atoms with E-state index in [9.17, 15) is 0 Å². The minimum atomic E-state index is -0.853. The summed E-state index contributed by atoms with van der Waals surface area (Å²) in [5.74, 6) is 1.62. The smallest absolute Gasteiger partial charge is 0.123 e. The Balaban J connectivity index is 2.88. The molecule has 110 valence electrons. The van der Waals surface area contributed by atoms with Crippen LogP contribution in [0.4, 0.5) is 0 Å². The molecular formula is C16H24N2O2. The lowest BCUT2D eigenvalue weighted by molar-refractivity contribution is 0.279. The predicted molar refractivity (Wildman–Crippen MR) is 80.0 cm³/mol. The van der Waals surface area contributed by atoms with E-state index in [-0.39, 0.29) is 5.41 Å². The van der Waals surface area contributed by atoms with Crippen LogP contribution in [0.3, 0.4) is 0 Å². The van der Waals surface area contributed by atoms with E-state index in [4.69, 9.17) is 20.5 Å². The van der Waals surface area contributed by atoms with Gasteiger partial charge in [0.05, 0.1) is 19.8 Å². The second kappa shape index (κ2) is 6.15. The lowest BCUT2D eigenvalue weighted by atomic mass is 9.86. The van der Waals surface area contributed by atoms with Crippen molar-refractivity contribution in [3.8, 4) is 17.6 Å². The van der Waals surface area contributed by atoms with Crippen LogP contribution >= 0.6 is 0 Å². The summed E-state index contributed by atoms with van der Waals surface area (Å²) in [6.45, 7) is 8.48. The van der Waals surface area contributed by atoms with E-state index in [0.717, 1.165) is 17.1 Å². The van der Waals surface area contributed by atoms with Gasteiger partial charge in [0.15, 0.2) is 0 Å². The third kappa shape index (κ3) is 4.43. The molecule has 0 heterocycles. The monoisotopic (exact) mass is 276 g/mol. The molecule has 0 saturated carbocycles. The molecule has 1 aromatic rings. The minimum absolute atomic E-state index is 0.0505. The fourth-order valence-electron chi connectivity index (χ4n) is 1.78. The highest BCUT2D eigenvalue weighted by molar-refractivity contribution is 5.44. The molecule has 1 unspecified atom stereocenters. The van der Waals surface area contributed by atoms with Crippen LogP contribution in [0.15, 0.2) is 18.2 Å². The van der Waals surface area contributed by atoms with E-state index in [1.165, 1.54) is 0 Å². The van der Waals surface area contributed by atoms with Gasteiger partial charge >= 0.3 is 0 Å². The van der Waals surface area contributed by atoms with E-state index in [0.29, 0.717) is 13.0 Å². The van der Waals surface area contributed by atoms with Gasteiger partial charge in [0.2, 0.25) is 0 Å². The average molecular weight is 276 g/mol. The van der Waals surface area contributed by atoms with Gasteiger partial charge in [-0.2, -0.15) is 5.26 Å². The average Bonchev–Trinajstić information content (AvgIpc) is 2.37. The number of ether oxygens (including phenoxy) is 2. The molecule has 4 nitrogen and oxygen atoms in total. The molecule has 20 heavy (non-hydrogen) atoms. The summed E-state index contributed by atoms with van der Waals surface area (Å²) >= 11 is 0. The predicted octanol–water partition coefficient (Wildman–Crippen LogP) is 3.00. The summed E-state index contributed by atoms with van der Waals surface area (Å²) in [4.78, 5) is 0. The Labute approximate surface area is 121 Å². The van der Waals surface area contributed by atoms with Crippen LogP contribution in [0.1, 0.15) is 39.7 Å². The molecule has 1 atom stereocenters. The first kappa shape index (κ1) is 16.3. The van der Waals surface area contributed by atoms with Crippen LogP contribution in [0.2, 0.25) is 0 Å². The fourth-order valence-corrected chi connectivity index (χ4v) is 1.78. The number of benzene rings is 1. The number of nitrogens with zero attached hydrogens (tertiary/aromatic N) is 1. The largest absolute Gasteiger partial charge is 0.497 e. The van der Waals surface area contributed by atoms with Gasteiger partial charge < -0.3 is 15.2 Å². The zero-order valence-electron chi connectivity index (χ0n) is 13.0. The van der Waals surface area contributed by atoms with Gasteiger partial charge in [-0.25, -0.2) is 0 Å². The Morgan fingerprint density at radius 1 is 1.25 bits per heavy atom. The summed E-state index contributed by atoms with van der Waals surface area (Å²) < 4.78 is 11.1. The van der Waals surface area contributed by atoms with Crippen LogP contribution in [0.5, 0.6) is 11.5 Å². The summed E-state index contributed by atoms with van der Waals surface area (Å²) in [5, 5.41) is 8.90. The van der Waals surface area contributed by atoms with Crippen LogP contribution < -0.4 is 15.2 Å². The maximum Gasteiger partial charge on any atom is 0.123 e. The molecular weight excluding hydrogens is 252 g/mol. The van der Waals surface area contributed by atoms with Crippen LogP contribution in [-0.4, -0.2) is 19.3 Å². The number of methoxy groups -OCH3 is 1. The second-order valence-electron chi connectivity index (χ2n) is 6.24. The van der Waals surface area contributed by atoms with Crippen molar-refractivity contribution in [2.45, 2.75) is 45.1 Å². The van der Waals surface area contributed by atoms with Gasteiger partial charge in [-0.3, -0.25) is 0 Å². The van der Waals surface area contributed by atoms with Gasteiger partial charge in [-0.05, 0) is 30.5 Å². The van der Waals surface area contributed by atoms with Crippen LogP contribution in [-0.2, 0) is 5.41 Å². The van der Waals surface area contributed by atoms with Crippen LogP contribution in [0.25, 0.3) is 0 Å². The van der Waals surface area contributed by atoms with Gasteiger partial charge in [0.25, 0.3) is 0 Å². The molecule has 0 aliphatic rings. The van der Waals surface area contributed by atoms with E-state index in [1.807, 2.05) is 18.2 Å². The van der Waals surface area contributed by atoms with Gasteiger partial charge in [-0.1, -0.05) is 20.8 Å². The maximum absolute atomic E-state index is 8.90. The molecule has 1 aromatic carbocycles. The van der Waals surface area contributed by atoms with Crippen molar-refractivity contribution in [1.29, 1.82) is 5.26 Å². The quantitative estimate of drug-likeness (QED) is 0.897. The normalized spacial score (nSPS) is 14.2. The van der Waals surface area contributed by atoms with Crippen LogP contribution in [0, 0.1) is 11.3 Å². The van der Waals surface area contributed by atoms with E-state index in [2.05, 4.69) is 26.8 Å². The Morgan fingerprint density at radius 3 is 2.40 bits per heavy atom. The first-order valence-electron chi connectivity index (χ1n) is 6.71. The van der Waals surface area contributed by atoms with Crippen molar-refractivity contribution >= 4 is 0 Å². The standard InChI is InChI=1S/C16H24N2O2/c1-15(2,3)13-10-12(19-5)6-7-14(13)20-9-8-16(4,18)11-17/h6-7,10H,8-9,18H2,1-5H3. The summed E-state index contributed by atoms with van der Waals surface area (Å²) in [6.07, 6.45) is 0.485. The number of hydrogen-bond donors (Lipinski definition) is 1. The highest BCUT2D eigenvalue weighted by Gasteiger charge is 2.21. The van der Waals surface area contributed by atoms with Crippen molar-refractivity contribution in [3.63, 3.8) is 0 Å². The van der Waals surface area contributed by atoms with E-state index >= 15 is 0 Å². The van der Waals surface area contributed by atoms with Crippen molar-refractivity contribution in [2.24, 2.45) is 5.73 Å². The van der Waals surface area contributed by atoms with Gasteiger partial charge in [0.1, 0.15) is 17.0 Å². The third-order valence-electron chi connectivity index (χ3n) is 3.13. The molecule has 0 spiro atoms. The number of nitrogens with two attached hydrogens (primary N) is 1. The molecule has 4 heteroatoms. The second-order valence-corrected chi connectivity index (χ2v) is 6.24. The highest BCUT2D eigenvalue weighted by atomic mass is 16.5. The first-order valence-corrected chi connectivity index (χ1v) is 6.71. The van der Waals surface area contributed by atoms with Crippen molar-refractivity contribution < 1.29 is 9.47 Å². The fraction of sp³-hybridized carbons (Fsp3) is 0.562. The molecule has 0 radical (unpaired) electrons. The molecule has 0 aliphatic heterocycles. The number of rotatable bonds is 5. The summed E-state index contributed by atoms with van der Waals surface area (Å²) in [6, 6.07) is 7.83. The number of nitriles is 1. The highest BCUT2D eigenvalue weighted by Crippen LogP contribution is 2.34. The molecule has 1 rings (SSSR count). The Bertz CT molecular complexity index is 496. The van der Waals surface area contributed by atoms with E-state index < -0.39 is 5.54 Å². The zero-order chi connectivity index (χ0) is 15.4. The van der Waals surface area contributed by atoms with Crippen molar-refractivity contribution in [2.75, 3.05) is 13.7 Å². The van der Waals surface area contributed by atoms with Crippen molar-refractivity contribution in [1.82, 2.24) is 0 Å². The first-order chi connectivity index (χ1) is 9.19. The lowest BCUT2D eigenvalue weighted by Crippen LogP contribution is -2.35. The Hall–Kier alpha value is -1.73. The Morgan fingerprint density at radius 2 is 1.90 bits per heavy atom. The molecule has 0 saturated heterocycles.